The van der Waals surface area contributed by atoms with Crippen LogP contribution in [0.2, 0.25) is 5.15 Å². The van der Waals surface area contributed by atoms with E-state index in [1.54, 1.807) is 13.0 Å². The summed E-state index contributed by atoms with van der Waals surface area (Å²) in [6.45, 7) is 1.71. The molecule has 0 saturated carbocycles. The van der Waals surface area contributed by atoms with Crippen molar-refractivity contribution >= 4 is 23.4 Å². The number of alkyl halides is 3. The predicted octanol–water partition coefficient (Wildman–Crippen LogP) is 3.90. The van der Waals surface area contributed by atoms with Crippen LogP contribution in [-0.4, -0.2) is 9.97 Å². The molecule has 2 rings (SSSR count). The molecule has 2 aromatic rings. The fraction of sp³-hybridized carbons (Fsp3) is 0.231. The van der Waals surface area contributed by atoms with Gasteiger partial charge in [0.1, 0.15) is 11.0 Å². The number of aromatic nitrogens is 2. The molecule has 21 heavy (non-hydrogen) atoms. The van der Waals surface area contributed by atoms with Crippen LogP contribution in [0.15, 0.2) is 30.3 Å². The summed E-state index contributed by atoms with van der Waals surface area (Å²) in [7, 11) is 0. The van der Waals surface area contributed by atoms with Crippen LogP contribution in [0.4, 0.5) is 24.9 Å². The van der Waals surface area contributed by atoms with E-state index < -0.39 is 17.8 Å². The minimum absolute atomic E-state index is 0.0127. The average Bonchev–Trinajstić information content (AvgIpc) is 2.36. The standard InChI is InChI=1S/C13H12ClF3N4/c1-7(19-11-6-10(14)20-12(18)21-11)8-3-2-4-9(5-8)13(15,16)17/h2-7H,1H3,(H3,18,19,20,21). The molecular weight excluding hydrogens is 305 g/mol. The van der Waals surface area contributed by atoms with Gasteiger partial charge in [-0.25, -0.2) is 4.98 Å². The summed E-state index contributed by atoms with van der Waals surface area (Å²) in [6.07, 6.45) is -4.38. The Labute approximate surface area is 124 Å². The van der Waals surface area contributed by atoms with Gasteiger partial charge in [-0.1, -0.05) is 23.7 Å². The van der Waals surface area contributed by atoms with E-state index in [1.807, 2.05) is 0 Å². The van der Waals surface area contributed by atoms with Crippen molar-refractivity contribution in [2.24, 2.45) is 0 Å². The number of nitrogens with zero attached hydrogens (tertiary/aromatic N) is 2. The van der Waals surface area contributed by atoms with E-state index in [0.29, 0.717) is 11.4 Å². The van der Waals surface area contributed by atoms with Gasteiger partial charge in [-0.15, -0.1) is 0 Å². The van der Waals surface area contributed by atoms with Gasteiger partial charge in [0.15, 0.2) is 0 Å². The molecule has 1 aromatic carbocycles. The molecule has 0 aliphatic rings. The number of nitrogens with two attached hydrogens (primary N) is 1. The summed E-state index contributed by atoms with van der Waals surface area (Å²) in [4.78, 5) is 7.62. The lowest BCUT2D eigenvalue weighted by atomic mass is 10.0. The lowest BCUT2D eigenvalue weighted by Crippen LogP contribution is -2.11. The molecule has 0 bridgehead atoms. The molecule has 3 N–H and O–H groups in total. The third kappa shape index (κ3) is 3.98. The molecule has 0 radical (unpaired) electrons. The first-order valence-corrected chi connectivity index (χ1v) is 6.37. The molecule has 0 aliphatic heterocycles. The molecule has 0 amide bonds. The summed E-state index contributed by atoms with van der Waals surface area (Å²) < 4.78 is 38.1. The SMILES string of the molecule is CC(Nc1cc(Cl)nc(N)n1)c1cccc(C(F)(F)F)c1. The van der Waals surface area contributed by atoms with Gasteiger partial charge in [0.05, 0.1) is 5.56 Å². The fourth-order valence-electron chi connectivity index (χ4n) is 1.80. The van der Waals surface area contributed by atoms with E-state index in [1.165, 1.54) is 12.1 Å². The molecule has 4 nitrogen and oxygen atoms in total. The quantitative estimate of drug-likeness (QED) is 0.843. The summed E-state index contributed by atoms with van der Waals surface area (Å²) in [5.41, 5.74) is 5.23. The largest absolute Gasteiger partial charge is 0.416 e. The molecule has 1 unspecified atom stereocenters. The van der Waals surface area contributed by atoms with E-state index >= 15 is 0 Å². The zero-order valence-corrected chi connectivity index (χ0v) is 11.7. The van der Waals surface area contributed by atoms with Crippen LogP contribution >= 0.6 is 11.6 Å². The highest BCUT2D eigenvalue weighted by Crippen LogP contribution is 2.31. The minimum Gasteiger partial charge on any atom is -0.368 e. The monoisotopic (exact) mass is 316 g/mol. The predicted molar refractivity (Wildman–Crippen MR) is 74.9 cm³/mol. The molecule has 8 heteroatoms. The second-order valence-corrected chi connectivity index (χ2v) is 4.81. The smallest absolute Gasteiger partial charge is 0.368 e. The van der Waals surface area contributed by atoms with Crippen molar-refractivity contribution < 1.29 is 13.2 Å². The zero-order valence-electron chi connectivity index (χ0n) is 10.9. The first-order chi connectivity index (χ1) is 9.75. The number of nitrogen functional groups attached to an aromatic ring is 1. The van der Waals surface area contributed by atoms with Crippen molar-refractivity contribution in [2.75, 3.05) is 11.1 Å². The summed E-state index contributed by atoms with van der Waals surface area (Å²) in [5, 5.41) is 3.09. The van der Waals surface area contributed by atoms with Crippen LogP contribution in [0, 0.1) is 0 Å². The van der Waals surface area contributed by atoms with Crippen LogP contribution < -0.4 is 11.1 Å². The molecule has 1 aromatic heterocycles. The van der Waals surface area contributed by atoms with E-state index in [0.717, 1.165) is 12.1 Å². The van der Waals surface area contributed by atoms with Crippen LogP contribution in [0.25, 0.3) is 0 Å². The number of anilines is 2. The van der Waals surface area contributed by atoms with Crippen LogP contribution in [-0.2, 0) is 6.18 Å². The molecule has 0 aliphatic carbocycles. The molecule has 0 spiro atoms. The summed E-state index contributed by atoms with van der Waals surface area (Å²) in [5.74, 6) is 0.332. The van der Waals surface area contributed by atoms with Crippen molar-refractivity contribution in [1.82, 2.24) is 9.97 Å². The highest BCUT2D eigenvalue weighted by Gasteiger charge is 2.30. The molecule has 1 atom stereocenters. The molecule has 1 heterocycles. The molecule has 0 fully saturated rings. The van der Waals surface area contributed by atoms with Crippen molar-refractivity contribution in [3.63, 3.8) is 0 Å². The Morgan fingerprint density at radius 3 is 2.57 bits per heavy atom. The van der Waals surface area contributed by atoms with Gasteiger partial charge < -0.3 is 11.1 Å². The van der Waals surface area contributed by atoms with Gasteiger partial charge in [0.2, 0.25) is 5.95 Å². The Bertz CT molecular complexity index is 625. The molecule has 0 saturated heterocycles. The normalized spacial score (nSPS) is 13.0. The van der Waals surface area contributed by atoms with Gasteiger partial charge in [0, 0.05) is 12.1 Å². The second kappa shape index (κ2) is 5.77. The number of halogens is 4. The lowest BCUT2D eigenvalue weighted by molar-refractivity contribution is -0.137. The van der Waals surface area contributed by atoms with Gasteiger partial charge in [-0.05, 0) is 24.6 Å². The maximum atomic E-state index is 12.7. The van der Waals surface area contributed by atoms with Gasteiger partial charge in [-0.3, -0.25) is 0 Å². The fourth-order valence-corrected chi connectivity index (χ4v) is 1.99. The Hall–Kier alpha value is -2.02. The van der Waals surface area contributed by atoms with Crippen LogP contribution in [0.1, 0.15) is 24.1 Å². The van der Waals surface area contributed by atoms with Crippen molar-refractivity contribution in [3.8, 4) is 0 Å². The minimum atomic E-state index is -4.38. The van der Waals surface area contributed by atoms with Gasteiger partial charge in [0.25, 0.3) is 0 Å². The van der Waals surface area contributed by atoms with Crippen molar-refractivity contribution in [2.45, 2.75) is 19.1 Å². The Balaban J connectivity index is 2.22. The number of nitrogens with one attached hydrogen (secondary N) is 1. The second-order valence-electron chi connectivity index (χ2n) is 4.42. The number of hydrogen-bond donors (Lipinski definition) is 2. The zero-order chi connectivity index (χ0) is 15.6. The maximum absolute atomic E-state index is 12.7. The van der Waals surface area contributed by atoms with Crippen molar-refractivity contribution in [3.05, 3.63) is 46.6 Å². The number of rotatable bonds is 3. The van der Waals surface area contributed by atoms with E-state index in [4.69, 9.17) is 17.3 Å². The highest BCUT2D eigenvalue weighted by atomic mass is 35.5. The third-order valence-electron chi connectivity index (χ3n) is 2.79. The lowest BCUT2D eigenvalue weighted by Gasteiger charge is -2.17. The number of hydrogen-bond acceptors (Lipinski definition) is 4. The first-order valence-electron chi connectivity index (χ1n) is 5.99. The average molecular weight is 317 g/mol. The van der Waals surface area contributed by atoms with E-state index in [2.05, 4.69) is 15.3 Å². The number of benzene rings is 1. The van der Waals surface area contributed by atoms with E-state index in [9.17, 15) is 13.2 Å². The molecule has 112 valence electrons. The maximum Gasteiger partial charge on any atom is 0.416 e. The van der Waals surface area contributed by atoms with Gasteiger partial charge >= 0.3 is 6.18 Å². The summed E-state index contributed by atoms with van der Waals surface area (Å²) >= 11 is 5.74. The topological polar surface area (TPSA) is 63.8 Å². The van der Waals surface area contributed by atoms with Crippen molar-refractivity contribution in [1.29, 1.82) is 0 Å². The first kappa shape index (κ1) is 15.4. The van der Waals surface area contributed by atoms with Crippen LogP contribution in [0.3, 0.4) is 0 Å². The van der Waals surface area contributed by atoms with E-state index in [-0.39, 0.29) is 11.1 Å². The third-order valence-corrected chi connectivity index (χ3v) is 2.98. The Morgan fingerprint density at radius 1 is 1.24 bits per heavy atom. The van der Waals surface area contributed by atoms with Gasteiger partial charge in [-0.2, -0.15) is 18.2 Å². The van der Waals surface area contributed by atoms with Crippen LogP contribution in [0.5, 0.6) is 0 Å². The Kier molecular flexibility index (Phi) is 4.22. The molecular formula is C13H12ClF3N4. The highest BCUT2D eigenvalue weighted by molar-refractivity contribution is 6.29. The summed E-state index contributed by atoms with van der Waals surface area (Å²) in [6, 6.07) is 6.11. The Morgan fingerprint density at radius 2 is 1.95 bits per heavy atom.